The fourth-order valence-corrected chi connectivity index (χ4v) is 4.01. The number of hydrogen-bond acceptors (Lipinski definition) is 4. The monoisotopic (exact) mass is 407 g/mol. The highest BCUT2D eigenvalue weighted by Gasteiger charge is 2.32. The van der Waals surface area contributed by atoms with Gasteiger partial charge in [0.1, 0.15) is 5.69 Å². The van der Waals surface area contributed by atoms with E-state index in [9.17, 15) is 9.59 Å². The number of likely N-dealkylation sites (tertiary alicyclic amines) is 1. The van der Waals surface area contributed by atoms with Crippen molar-refractivity contribution in [2.24, 2.45) is 5.92 Å². The van der Waals surface area contributed by atoms with Gasteiger partial charge in [0.2, 0.25) is 0 Å². The third-order valence-electron chi connectivity index (χ3n) is 4.52. The van der Waals surface area contributed by atoms with Crippen LogP contribution in [0.15, 0.2) is 16.7 Å². The van der Waals surface area contributed by atoms with Crippen LogP contribution in [-0.4, -0.2) is 45.9 Å². The van der Waals surface area contributed by atoms with Crippen molar-refractivity contribution < 1.29 is 14.3 Å². The first kappa shape index (κ1) is 17.9. The average Bonchev–Trinajstić information content (AvgIpc) is 2.91. The lowest BCUT2D eigenvalue weighted by molar-refractivity contribution is -0.149. The molecule has 0 aromatic carbocycles. The van der Waals surface area contributed by atoms with Gasteiger partial charge in [-0.2, -0.15) is 0 Å². The molecular weight excluding hydrogens is 386 g/mol. The quantitative estimate of drug-likeness (QED) is 0.733. The number of carbonyl (C=O) groups is 2. The van der Waals surface area contributed by atoms with E-state index in [2.05, 4.69) is 20.9 Å². The molecule has 2 aromatic rings. The predicted molar refractivity (Wildman–Crippen MR) is 97.6 cm³/mol. The number of piperidine rings is 1. The van der Waals surface area contributed by atoms with Gasteiger partial charge in [-0.3, -0.25) is 14.0 Å². The normalized spacial score (nSPS) is 17.8. The van der Waals surface area contributed by atoms with E-state index in [1.807, 2.05) is 30.5 Å². The van der Waals surface area contributed by atoms with Crippen LogP contribution >= 0.6 is 15.9 Å². The molecule has 1 aliphatic heterocycles. The van der Waals surface area contributed by atoms with Crippen LogP contribution in [0.3, 0.4) is 0 Å². The summed E-state index contributed by atoms with van der Waals surface area (Å²) in [4.78, 5) is 31.5. The van der Waals surface area contributed by atoms with Gasteiger partial charge in [0, 0.05) is 19.3 Å². The number of halogens is 1. The number of pyridine rings is 1. The number of ether oxygens (including phenoxy) is 1. The Morgan fingerprint density at radius 3 is 2.88 bits per heavy atom. The standard InChI is InChI=1S/C18H22BrN3O3/c1-4-25-18(24)13-6-5-7-21(10-13)17(23)15-12(3)20-16-14(19)8-11(2)9-22(15)16/h8-9,13H,4-7,10H2,1-3H3. The maximum absolute atomic E-state index is 13.1. The van der Waals surface area contributed by atoms with E-state index in [0.29, 0.717) is 31.1 Å². The third kappa shape index (κ3) is 3.42. The molecule has 0 saturated carbocycles. The summed E-state index contributed by atoms with van der Waals surface area (Å²) >= 11 is 3.52. The molecule has 1 amide bonds. The number of esters is 1. The van der Waals surface area contributed by atoms with Crippen molar-refractivity contribution in [1.29, 1.82) is 0 Å². The summed E-state index contributed by atoms with van der Waals surface area (Å²) in [5, 5.41) is 0. The van der Waals surface area contributed by atoms with E-state index in [1.165, 1.54) is 0 Å². The van der Waals surface area contributed by atoms with Crippen molar-refractivity contribution in [2.75, 3.05) is 19.7 Å². The van der Waals surface area contributed by atoms with Gasteiger partial charge in [0.25, 0.3) is 5.91 Å². The van der Waals surface area contributed by atoms with E-state index in [-0.39, 0.29) is 17.8 Å². The molecule has 1 unspecified atom stereocenters. The Bertz CT molecular complexity index is 831. The number of rotatable bonds is 3. The predicted octanol–water partition coefficient (Wildman–Crippen LogP) is 3.13. The van der Waals surface area contributed by atoms with Gasteiger partial charge in [0.05, 0.1) is 22.7 Å². The Kier molecular flexibility index (Phi) is 5.13. The van der Waals surface area contributed by atoms with Crippen LogP contribution in [0.1, 0.15) is 41.5 Å². The number of nitrogens with zero attached hydrogens (tertiary/aromatic N) is 3. The fourth-order valence-electron chi connectivity index (χ4n) is 3.37. The summed E-state index contributed by atoms with van der Waals surface area (Å²) in [7, 11) is 0. The lowest BCUT2D eigenvalue weighted by Crippen LogP contribution is -2.43. The lowest BCUT2D eigenvalue weighted by atomic mass is 9.98. The van der Waals surface area contributed by atoms with Crippen molar-refractivity contribution >= 4 is 33.5 Å². The Balaban J connectivity index is 1.92. The van der Waals surface area contributed by atoms with Gasteiger partial charge in [0.15, 0.2) is 5.65 Å². The smallest absolute Gasteiger partial charge is 0.310 e. The van der Waals surface area contributed by atoms with Crippen LogP contribution in [0.25, 0.3) is 5.65 Å². The molecule has 0 aliphatic carbocycles. The summed E-state index contributed by atoms with van der Waals surface area (Å²) < 4.78 is 7.82. The fraction of sp³-hybridized carbons (Fsp3) is 0.500. The molecule has 25 heavy (non-hydrogen) atoms. The van der Waals surface area contributed by atoms with Crippen LogP contribution in [0.2, 0.25) is 0 Å². The maximum atomic E-state index is 13.1. The summed E-state index contributed by atoms with van der Waals surface area (Å²) in [6.07, 6.45) is 3.48. The number of fused-ring (bicyclic) bond motifs is 1. The Morgan fingerprint density at radius 2 is 2.16 bits per heavy atom. The third-order valence-corrected chi connectivity index (χ3v) is 5.10. The first-order valence-corrected chi connectivity index (χ1v) is 9.32. The molecule has 7 heteroatoms. The SMILES string of the molecule is CCOC(=O)C1CCCN(C(=O)c2c(C)nc3c(Br)cc(C)cn23)C1. The molecule has 134 valence electrons. The zero-order valence-electron chi connectivity index (χ0n) is 14.7. The second-order valence-electron chi connectivity index (χ2n) is 6.45. The molecular formula is C18H22BrN3O3. The van der Waals surface area contributed by atoms with Crippen molar-refractivity contribution in [3.63, 3.8) is 0 Å². The highest BCUT2D eigenvalue weighted by atomic mass is 79.9. The average molecular weight is 408 g/mol. The number of carbonyl (C=O) groups excluding carboxylic acids is 2. The van der Waals surface area contributed by atoms with Crippen LogP contribution in [0.4, 0.5) is 0 Å². The zero-order valence-corrected chi connectivity index (χ0v) is 16.3. The second kappa shape index (κ2) is 7.15. The molecule has 1 atom stereocenters. The molecule has 1 fully saturated rings. The Hall–Kier alpha value is -1.89. The van der Waals surface area contributed by atoms with Gasteiger partial charge in [-0.05, 0) is 61.2 Å². The van der Waals surface area contributed by atoms with Gasteiger partial charge in [-0.25, -0.2) is 4.98 Å². The van der Waals surface area contributed by atoms with Crippen molar-refractivity contribution in [3.05, 3.63) is 33.7 Å². The minimum Gasteiger partial charge on any atom is -0.466 e. The molecule has 1 saturated heterocycles. The van der Waals surface area contributed by atoms with E-state index >= 15 is 0 Å². The molecule has 1 aliphatic rings. The molecule has 0 bridgehead atoms. The first-order chi connectivity index (χ1) is 11.9. The molecule has 3 heterocycles. The first-order valence-electron chi connectivity index (χ1n) is 8.53. The van der Waals surface area contributed by atoms with Crippen molar-refractivity contribution in [1.82, 2.24) is 14.3 Å². The summed E-state index contributed by atoms with van der Waals surface area (Å²) in [6, 6.07) is 1.98. The summed E-state index contributed by atoms with van der Waals surface area (Å²) in [5.41, 5.74) is 3.01. The Morgan fingerprint density at radius 1 is 1.40 bits per heavy atom. The van der Waals surface area contributed by atoms with Gasteiger partial charge >= 0.3 is 5.97 Å². The van der Waals surface area contributed by atoms with Crippen LogP contribution in [0.5, 0.6) is 0 Å². The second-order valence-corrected chi connectivity index (χ2v) is 7.30. The van der Waals surface area contributed by atoms with E-state index < -0.39 is 0 Å². The number of hydrogen-bond donors (Lipinski definition) is 0. The number of imidazole rings is 1. The largest absolute Gasteiger partial charge is 0.466 e. The van der Waals surface area contributed by atoms with E-state index in [1.54, 1.807) is 11.8 Å². The van der Waals surface area contributed by atoms with E-state index in [4.69, 9.17) is 4.74 Å². The van der Waals surface area contributed by atoms with Crippen molar-refractivity contribution in [3.8, 4) is 0 Å². The maximum Gasteiger partial charge on any atom is 0.310 e. The highest BCUT2D eigenvalue weighted by molar-refractivity contribution is 9.10. The molecule has 3 rings (SSSR count). The number of aromatic nitrogens is 2. The van der Waals surface area contributed by atoms with E-state index in [0.717, 1.165) is 28.5 Å². The van der Waals surface area contributed by atoms with Crippen LogP contribution in [0, 0.1) is 19.8 Å². The molecule has 6 nitrogen and oxygen atoms in total. The minimum atomic E-state index is -0.245. The van der Waals surface area contributed by atoms with Crippen LogP contribution < -0.4 is 0 Å². The number of aryl methyl sites for hydroxylation is 2. The highest BCUT2D eigenvalue weighted by Crippen LogP contribution is 2.25. The molecule has 0 N–H and O–H groups in total. The summed E-state index contributed by atoms with van der Waals surface area (Å²) in [6.45, 7) is 7.03. The molecule has 0 radical (unpaired) electrons. The van der Waals surface area contributed by atoms with Gasteiger partial charge in [-0.15, -0.1) is 0 Å². The molecule has 2 aromatic heterocycles. The van der Waals surface area contributed by atoms with Crippen LogP contribution in [-0.2, 0) is 9.53 Å². The van der Waals surface area contributed by atoms with Gasteiger partial charge in [-0.1, -0.05) is 0 Å². The lowest BCUT2D eigenvalue weighted by Gasteiger charge is -2.31. The van der Waals surface area contributed by atoms with Crippen molar-refractivity contribution in [2.45, 2.75) is 33.6 Å². The zero-order chi connectivity index (χ0) is 18.1. The Labute approximate surface area is 155 Å². The summed E-state index contributed by atoms with van der Waals surface area (Å²) in [5.74, 6) is -0.546. The number of amides is 1. The van der Waals surface area contributed by atoms with Gasteiger partial charge < -0.3 is 9.64 Å². The topological polar surface area (TPSA) is 63.9 Å². The molecule has 0 spiro atoms. The minimum absolute atomic E-state index is 0.0866.